The van der Waals surface area contributed by atoms with Crippen LogP contribution in [-0.2, 0) is 10.0 Å². The molecule has 3 rings (SSSR count). The smallest absolute Gasteiger partial charge is 0.271 e. The zero-order valence-corrected chi connectivity index (χ0v) is 17.0. The summed E-state index contributed by atoms with van der Waals surface area (Å²) in [6, 6.07) is 16.7. The Balaban J connectivity index is 1.68. The number of benzene rings is 2. The van der Waals surface area contributed by atoms with E-state index >= 15 is 0 Å². The number of sulfonamides is 1. The number of carbonyl (C=O) groups is 1. The van der Waals surface area contributed by atoms with Gasteiger partial charge in [-0.15, -0.1) is 11.3 Å². The molecule has 28 heavy (non-hydrogen) atoms. The summed E-state index contributed by atoms with van der Waals surface area (Å²) in [5, 5.41) is 4.62. The zero-order chi connectivity index (χ0) is 20.1. The Bertz CT molecular complexity index is 1050. The third kappa shape index (κ3) is 4.52. The molecule has 0 fully saturated rings. The van der Waals surface area contributed by atoms with Crippen LogP contribution < -0.4 is 14.8 Å². The van der Waals surface area contributed by atoms with Crippen LogP contribution in [0.25, 0.3) is 0 Å². The van der Waals surface area contributed by atoms with Crippen LogP contribution in [0.3, 0.4) is 0 Å². The van der Waals surface area contributed by atoms with Crippen molar-refractivity contribution in [2.75, 3.05) is 11.8 Å². The lowest BCUT2D eigenvalue weighted by molar-refractivity contribution is 0.0939. The maximum Gasteiger partial charge on any atom is 0.271 e. The van der Waals surface area contributed by atoms with Crippen LogP contribution in [0.1, 0.15) is 28.9 Å². The summed E-state index contributed by atoms with van der Waals surface area (Å²) in [5.41, 5.74) is 1.70. The molecule has 0 aliphatic carbocycles. The van der Waals surface area contributed by atoms with Crippen molar-refractivity contribution < 1.29 is 17.9 Å². The van der Waals surface area contributed by atoms with Gasteiger partial charge >= 0.3 is 0 Å². The molecule has 1 heterocycles. The minimum atomic E-state index is -3.61. The van der Waals surface area contributed by atoms with Crippen molar-refractivity contribution >= 4 is 33.0 Å². The summed E-state index contributed by atoms with van der Waals surface area (Å²) < 4.78 is 32.6. The van der Waals surface area contributed by atoms with Crippen LogP contribution >= 0.6 is 11.3 Å². The maximum atomic E-state index is 12.5. The molecule has 0 bridgehead atoms. The number of para-hydroxylation sites is 1. The fourth-order valence-corrected chi connectivity index (χ4v) is 4.74. The van der Waals surface area contributed by atoms with Crippen molar-refractivity contribution in [3.63, 3.8) is 0 Å². The quantitative estimate of drug-likeness (QED) is 0.609. The molecule has 0 spiro atoms. The van der Waals surface area contributed by atoms with Gasteiger partial charge in [0.2, 0.25) is 0 Å². The highest BCUT2D eigenvalue weighted by molar-refractivity contribution is 7.94. The van der Waals surface area contributed by atoms with E-state index in [4.69, 9.17) is 4.74 Å². The summed E-state index contributed by atoms with van der Waals surface area (Å²) in [6.45, 7) is 1.87. The molecule has 1 amide bonds. The highest BCUT2D eigenvalue weighted by Gasteiger charge is 2.17. The number of nitrogens with one attached hydrogen (secondary N) is 2. The largest absolute Gasteiger partial charge is 0.496 e. The first kappa shape index (κ1) is 19.9. The Hall–Kier alpha value is -2.84. The van der Waals surface area contributed by atoms with Crippen molar-refractivity contribution in [1.82, 2.24) is 5.32 Å². The minimum Gasteiger partial charge on any atom is -0.496 e. The molecule has 2 aromatic carbocycles. The van der Waals surface area contributed by atoms with Crippen LogP contribution in [0, 0.1) is 0 Å². The average molecular weight is 417 g/mol. The van der Waals surface area contributed by atoms with Gasteiger partial charge in [-0.05, 0) is 48.7 Å². The van der Waals surface area contributed by atoms with E-state index in [1.54, 1.807) is 42.8 Å². The number of hydrogen-bond donors (Lipinski definition) is 2. The van der Waals surface area contributed by atoms with Crippen LogP contribution in [0.4, 0.5) is 5.69 Å². The molecule has 0 aliphatic rings. The Kier molecular flexibility index (Phi) is 6.01. The van der Waals surface area contributed by atoms with Gasteiger partial charge in [-0.3, -0.25) is 9.52 Å². The summed E-state index contributed by atoms with van der Waals surface area (Å²) in [7, 11) is -2.03. The number of anilines is 1. The molecule has 0 radical (unpaired) electrons. The fourth-order valence-electron chi connectivity index (χ4n) is 2.69. The maximum absolute atomic E-state index is 12.5. The topological polar surface area (TPSA) is 84.5 Å². The van der Waals surface area contributed by atoms with E-state index in [0.29, 0.717) is 17.0 Å². The second kappa shape index (κ2) is 8.45. The summed E-state index contributed by atoms with van der Waals surface area (Å²) in [5.74, 6) is 0.444. The number of thiophene rings is 1. The molecular formula is C20H20N2O4S2. The van der Waals surface area contributed by atoms with E-state index in [1.807, 2.05) is 31.2 Å². The van der Waals surface area contributed by atoms with E-state index in [1.165, 1.54) is 6.07 Å². The Morgan fingerprint density at radius 1 is 1.04 bits per heavy atom. The predicted octanol–water partition coefficient (Wildman–Crippen LogP) is 4.05. The van der Waals surface area contributed by atoms with E-state index in [9.17, 15) is 13.2 Å². The first-order valence-corrected chi connectivity index (χ1v) is 10.9. The Labute approximate surface area is 168 Å². The molecule has 0 saturated carbocycles. The highest BCUT2D eigenvalue weighted by atomic mass is 32.2. The van der Waals surface area contributed by atoms with Gasteiger partial charge in [0.1, 0.15) is 9.96 Å². The third-order valence-electron chi connectivity index (χ3n) is 4.11. The number of ether oxygens (including phenoxy) is 1. The standard InChI is InChI=1S/C20H20N2O4S2/c1-14(17-6-3-4-7-18(17)26-2)21-20(23)15-9-11-16(12-10-15)22-28(24,25)19-8-5-13-27-19/h3-14,22H,1-2H3,(H,21,23)/t14-/m0/s1. The molecular weight excluding hydrogens is 396 g/mol. The van der Waals surface area contributed by atoms with Gasteiger partial charge in [-0.1, -0.05) is 24.3 Å². The lowest BCUT2D eigenvalue weighted by Crippen LogP contribution is -2.26. The van der Waals surface area contributed by atoms with Crippen molar-refractivity contribution in [3.05, 3.63) is 77.2 Å². The van der Waals surface area contributed by atoms with Crippen molar-refractivity contribution in [3.8, 4) is 5.75 Å². The SMILES string of the molecule is COc1ccccc1[C@H](C)NC(=O)c1ccc(NS(=O)(=O)c2cccs2)cc1. The van der Waals surface area contributed by atoms with Gasteiger partial charge in [-0.25, -0.2) is 8.42 Å². The normalized spacial score (nSPS) is 12.2. The molecule has 0 unspecified atom stereocenters. The molecule has 1 atom stereocenters. The lowest BCUT2D eigenvalue weighted by Gasteiger charge is -2.17. The van der Waals surface area contributed by atoms with Gasteiger partial charge in [0.25, 0.3) is 15.9 Å². The van der Waals surface area contributed by atoms with Gasteiger partial charge < -0.3 is 10.1 Å². The van der Waals surface area contributed by atoms with Gasteiger partial charge in [-0.2, -0.15) is 0 Å². The van der Waals surface area contributed by atoms with E-state index in [2.05, 4.69) is 10.0 Å². The monoisotopic (exact) mass is 416 g/mol. The minimum absolute atomic E-state index is 0.236. The summed E-state index contributed by atoms with van der Waals surface area (Å²) in [4.78, 5) is 12.5. The first-order valence-electron chi connectivity index (χ1n) is 8.51. The second-order valence-corrected chi connectivity index (χ2v) is 8.91. The summed E-state index contributed by atoms with van der Waals surface area (Å²) in [6.07, 6.45) is 0. The van der Waals surface area contributed by atoms with Crippen LogP contribution in [-0.4, -0.2) is 21.4 Å². The first-order chi connectivity index (χ1) is 13.4. The molecule has 0 aliphatic heterocycles. The number of methoxy groups -OCH3 is 1. The Morgan fingerprint density at radius 2 is 1.75 bits per heavy atom. The van der Waals surface area contributed by atoms with E-state index in [-0.39, 0.29) is 16.2 Å². The number of carbonyl (C=O) groups excluding carboxylic acids is 1. The summed E-state index contributed by atoms with van der Waals surface area (Å²) >= 11 is 1.14. The molecule has 2 N–H and O–H groups in total. The van der Waals surface area contributed by atoms with Crippen molar-refractivity contribution in [2.24, 2.45) is 0 Å². The predicted molar refractivity (Wildman–Crippen MR) is 110 cm³/mol. The van der Waals surface area contributed by atoms with Crippen LogP contribution in [0.2, 0.25) is 0 Å². The molecule has 0 saturated heterocycles. The van der Waals surface area contributed by atoms with Gasteiger partial charge in [0, 0.05) is 16.8 Å². The average Bonchev–Trinajstić information content (AvgIpc) is 3.24. The lowest BCUT2D eigenvalue weighted by atomic mass is 10.1. The molecule has 1 aromatic heterocycles. The fraction of sp³-hybridized carbons (Fsp3) is 0.150. The molecule has 146 valence electrons. The number of amides is 1. The molecule has 8 heteroatoms. The zero-order valence-electron chi connectivity index (χ0n) is 15.4. The molecule has 6 nitrogen and oxygen atoms in total. The van der Waals surface area contributed by atoms with Crippen LogP contribution in [0.15, 0.2) is 70.3 Å². The van der Waals surface area contributed by atoms with Gasteiger partial charge in [0.05, 0.1) is 13.2 Å². The van der Waals surface area contributed by atoms with E-state index in [0.717, 1.165) is 16.9 Å². The van der Waals surface area contributed by atoms with E-state index < -0.39 is 10.0 Å². The molecule has 3 aromatic rings. The van der Waals surface area contributed by atoms with Crippen LogP contribution in [0.5, 0.6) is 5.75 Å². The van der Waals surface area contributed by atoms with Crippen molar-refractivity contribution in [1.29, 1.82) is 0 Å². The van der Waals surface area contributed by atoms with Gasteiger partial charge in [0.15, 0.2) is 0 Å². The number of hydrogen-bond acceptors (Lipinski definition) is 5. The second-order valence-electron chi connectivity index (χ2n) is 6.05. The number of rotatable bonds is 7. The third-order valence-corrected chi connectivity index (χ3v) is 6.89. The Morgan fingerprint density at radius 3 is 2.39 bits per heavy atom. The van der Waals surface area contributed by atoms with Crippen molar-refractivity contribution in [2.45, 2.75) is 17.2 Å². The highest BCUT2D eigenvalue weighted by Crippen LogP contribution is 2.25.